The molecule has 16 heavy (non-hydrogen) atoms. The third-order valence-electron chi connectivity index (χ3n) is 2.07. The van der Waals surface area contributed by atoms with Crippen LogP contribution >= 0.6 is 11.8 Å². The molecule has 0 aromatic heterocycles. The second-order valence-corrected chi connectivity index (χ2v) is 5.98. The molecule has 1 rings (SSSR count). The summed E-state index contributed by atoms with van der Waals surface area (Å²) in [6.07, 6.45) is 6.96. The van der Waals surface area contributed by atoms with Gasteiger partial charge in [-0.25, -0.2) is 8.42 Å². The summed E-state index contributed by atoms with van der Waals surface area (Å²) in [6.45, 7) is 0.0745. The van der Waals surface area contributed by atoms with E-state index in [-0.39, 0.29) is 6.54 Å². The summed E-state index contributed by atoms with van der Waals surface area (Å²) in [5.41, 5.74) is 0. The van der Waals surface area contributed by atoms with Crippen LogP contribution in [0, 0.1) is 12.3 Å². The number of nitrogens with zero attached hydrogens (tertiary/aromatic N) is 1. The molecule has 0 aliphatic heterocycles. The van der Waals surface area contributed by atoms with Gasteiger partial charge in [0.25, 0.3) is 0 Å². The second-order valence-electron chi connectivity index (χ2n) is 3.12. The summed E-state index contributed by atoms with van der Waals surface area (Å²) >= 11 is 1.40. The van der Waals surface area contributed by atoms with Crippen LogP contribution in [0.25, 0.3) is 0 Å². The SMILES string of the molecule is C#CCN(C)S(=O)(=O)c1ccccc1SC. The van der Waals surface area contributed by atoms with E-state index < -0.39 is 10.0 Å². The van der Waals surface area contributed by atoms with E-state index in [9.17, 15) is 8.42 Å². The van der Waals surface area contributed by atoms with Gasteiger partial charge < -0.3 is 0 Å². The van der Waals surface area contributed by atoms with Gasteiger partial charge in [-0.15, -0.1) is 18.2 Å². The number of sulfonamides is 1. The van der Waals surface area contributed by atoms with Crippen LogP contribution in [0.1, 0.15) is 0 Å². The largest absolute Gasteiger partial charge is 0.244 e. The lowest BCUT2D eigenvalue weighted by molar-refractivity contribution is 0.501. The fraction of sp³-hybridized carbons (Fsp3) is 0.273. The zero-order valence-corrected chi connectivity index (χ0v) is 10.8. The Morgan fingerprint density at radius 2 is 2.06 bits per heavy atom. The maximum Gasteiger partial charge on any atom is 0.244 e. The monoisotopic (exact) mass is 255 g/mol. The lowest BCUT2D eigenvalue weighted by Gasteiger charge is -2.16. The molecule has 0 radical (unpaired) electrons. The molecule has 0 unspecified atom stereocenters. The maximum absolute atomic E-state index is 12.1. The van der Waals surface area contributed by atoms with Crippen LogP contribution in [-0.4, -0.2) is 32.6 Å². The Kier molecular flexibility index (Phi) is 4.42. The standard InChI is InChI=1S/C11H13NO2S2/c1-4-9-12(2)16(13,14)11-8-6-5-7-10(11)15-3/h1,5-8H,9H2,2-3H3. The Labute approximate surface area is 101 Å². The Hall–Kier alpha value is -0.960. The molecule has 0 aliphatic rings. The average Bonchev–Trinajstić information content (AvgIpc) is 2.29. The van der Waals surface area contributed by atoms with Crippen molar-refractivity contribution in [3.8, 4) is 12.3 Å². The molecule has 1 aromatic carbocycles. The lowest BCUT2D eigenvalue weighted by Crippen LogP contribution is -2.27. The normalized spacial score (nSPS) is 11.4. The quantitative estimate of drug-likeness (QED) is 0.606. The van der Waals surface area contributed by atoms with Crippen LogP contribution in [0.2, 0.25) is 0 Å². The minimum atomic E-state index is -3.47. The van der Waals surface area contributed by atoms with Crippen molar-refractivity contribution in [2.45, 2.75) is 9.79 Å². The van der Waals surface area contributed by atoms with E-state index in [1.165, 1.54) is 23.1 Å². The smallest absolute Gasteiger partial charge is 0.207 e. The molecule has 0 fully saturated rings. The second kappa shape index (κ2) is 5.39. The molecule has 0 N–H and O–H groups in total. The van der Waals surface area contributed by atoms with E-state index in [1.54, 1.807) is 18.2 Å². The van der Waals surface area contributed by atoms with Gasteiger partial charge in [0.05, 0.1) is 11.4 Å². The maximum atomic E-state index is 12.1. The highest BCUT2D eigenvalue weighted by molar-refractivity contribution is 7.99. The number of thioether (sulfide) groups is 1. The first-order valence-corrected chi connectivity index (χ1v) is 7.23. The van der Waals surface area contributed by atoms with E-state index >= 15 is 0 Å². The van der Waals surface area contributed by atoms with Crippen molar-refractivity contribution in [3.05, 3.63) is 24.3 Å². The molecule has 0 bridgehead atoms. The van der Waals surface area contributed by atoms with Crippen molar-refractivity contribution in [2.75, 3.05) is 19.8 Å². The minimum Gasteiger partial charge on any atom is -0.207 e. The van der Waals surface area contributed by atoms with Gasteiger partial charge in [-0.1, -0.05) is 18.1 Å². The number of rotatable bonds is 4. The molecule has 0 spiro atoms. The predicted molar refractivity (Wildman–Crippen MR) is 66.9 cm³/mol. The molecule has 0 atom stereocenters. The summed E-state index contributed by atoms with van der Waals surface area (Å²) in [5, 5.41) is 0. The molecular formula is C11H13NO2S2. The minimum absolute atomic E-state index is 0.0745. The highest BCUT2D eigenvalue weighted by Gasteiger charge is 2.22. The van der Waals surface area contributed by atoms with Gasteiger partial charge in [0.2, 0.25) is 10.0 Å². The van der Waals surface area contributed by atoms with Gasteiger partial charge in [0.15, 0.2) is 0 Å². The van der Waals surface area contributed by atoms with Crippen LogP contribution < -0.4 is 0 Å². The van der Waals surface area contributed by atoms with Gasteiger partial charge in [0.1, 0.15) is 0 Å². The Morgan fingerprint density at radius 3 is 2.62 bits per heavy atom. The first-order chi connectivity index (χ1) is 7.54. The summed E-state index contributed by atoms with van der Waals surface area (Å²) in [7, 11) is -2.00. The summed E-state index contributed by atoms with van der Waals surface area (Å²) in [6, 6.07) is 6.89. The Balaban J connectivity index is 3.23. The fourth-order valence-corrected chi connectivity index (χ4v) is 3.42. The molecule has 0 saturated heterocycles. The molecular weight excluding hydrogens is 242 g/mol. The Morgan fingerprint density at radius 1 is 1.44 bits per heavy atom. The van der Waals surface area contributed by atoms with Crippen molar-refractivity contribution in [1.29, 1.82) is 0 Å². The average molecular weight is 255 g/mol. The molecule has 86 valence electrons. The fourth-order valence-electron chi connectivity index (χ4n) is 1.21. The molecule has 0 heterocycles. The topological polar surface area (TPSA) is 37.4 Å². The van der Waals surface area contributed by atoms with Crippen LogP contribution in [0.15, 0.2) is 34.1 Å². The van der Waals surface area contributed by atoms with Crippen molar-refractivity contribution in [1.82, 2.24) is 4.31 Å². The number of hydrogen-bond acceptors (Lipinski definition) is 3. The van der Waals surface area contributed by atoms with E-state index in [0.717, 1.165) is 4.90 Å². The van der Waals surface area contributed by atoms with Crippen LogP contribution in [-0.2, 0) is 10.0 Å². The van der Waals surface area contributed by atoms with Crippen LogP contribution in [0.5, 0.6) is 0 Å². The molecule has 5 heteroatoms. The first-order valence-electron chi connectivity index (χ1n) is 4.57. The zero-order valence-electron chi connectivity index (χ0n) is 9.17. The predicted octanol–water partition coefficient (Wildman–Crippen LogP) is 1.66. The molecule has 1 aromatic rings. The number of terminal acetylenes is 1. The van der Waals surface area contributed by atoms with Crippen LogP contribution in [0.4, 0.5) is 0 Å². The highest BCUT2D eigenvalue weighted by Crippen LogP contribution is 2.26. The third-order valence-corrected chi connectivity index (χ3v) is 4.86. The number of benzene rings is 1. The summed E-state index contributed by atoms with van der Waals surface area (Å²) in [4.78, 5) is 1.03. The van der Waals surface area contributed by atoms with Crippen molar-refractivity contribution in [2.24, 2.45) is 0 Å². The summed E-state index contributed by atoms with van der Waals surface area (Å²) < 4.78 is 25.4. The van der Waals surface area contributed by atoms with E-state index in [2.05, 4.69) is 5.92 Å². The van der Waals surface area contributed by atoms with Crippen molar-refractivity contribution >= 4 is 21.8 Å². The van der Waals surface area contributed by atoms with Gasteiger partial charge in [0, 0.05) is 11.9 Å². The highest BCUT2D eigenvalue weighted by atomic mass is 32.2. The van der Waals surface area contributed by atoms with Crippen molar-refractivity contribution < 1.29 is 8.42 Å². The lowest BCUT2D eigenvalue weighted by atomic mass is 10.4. The van der Waals surface area contributed by atoms with Gasteiger partial charge in [-0.3, -0.25) is 0 Å². The molecule has 0 saturated carbocycles. The summed E-state index contributed by atoms with van der Waals surface area (Å²) in [5.74, 6) is 2.32. The van der Waals surface area contributed by atoms with E-state index in [1.807, 2.05) is 12.3 Å². The molecule has 0 amide bonds. The molecule has 3 nitrogen and oxygen atoms in total. The van der Waals surface area contributed by atoms with Gasteiger partial charge in [-0.2, -0.15) is 4.31 Å². The Bertz CT molecular complexity index is 503. The van der Waals surface area contributed by atoms with Crippen LogP contribution in [0.3, 0.4) is 0 Å². The van der Waals surface area contributed by atoms with E-state index in [4.69, 9.17) is 6.42 Å². The zero-order chi connectivity index (χ0) is 12.2. The number of hydrogen-bond donors (Lipinski definition) is 0. The van der Waals surface area contributed by atoms with Gasteiger partial charge >= 0.3 is 0 Å². The van der Waals surface area contributed by atoms with E-state index in [0.29, 0.717) is 4.90 Å². The molecule has 0 aliphatic carbocycles. The first kappa shape index (κ1) is 13.1. The third kappa shape index (κ3) is 2.59. The van der Waals surface area contributed by atoms with Gasteiger partial charge in [-0.05, 0) is 18.4 Å². The van der Waals surface area contributed by atoms with Crippen molar-refractivity contribution in [3.63, 3.8) is 0 Å².